The number of nitrogens with zero attached hydrogens (tertiary/aromatic N) is 2. The van der Waals surface area contributed by atoms with Gasteiger partial charge in [-0.15, -0.1) is 6.58 Å². The largest absolute Gasteiger partial charge is 0.353 e. The zero-order valence-electron chi connectivity index (χ0n) is 11.4. The van der Waals surface area contributed by atoms with Crippen LogP contribution in [0.3, 0.4) is 0 Å². The third-order valence-electron chi connectivity index (χ3n) is 3.15. The lowest BCUT2D eigenvalue weighted by Crippen LogP contribution is -2.31. The summed E-state index contributed by atoms with van der Waals surface area (Å²) in [6, 6.07) is 11.0. The Labute approximate surface area is 124 Å². The van der Waals surface area contributed by atoms with Crippen molar-refractivity contribution < 1.29 is 4.79 Å². The van der Waals surface area contributed by atoms with Gasteiger partial charge in [0.05, 0.1) is 17.1 Å². The number of aryl methyl sites for hydroxylation is 1. The summed E-state index contributed by atoms with van der Waals surface area (Å²) in [4.78, 5) is 14.3. The van der Waals surface area contributed by atoms with Gasteiger partial charge in [-0.3, -0.25) is 4.79 Å². The normalized spacial score (nSPS) is 10.3. The average Bonchev–Trinajstić information content (AvgIpc) is 2.84. The summed E-state index contributed by atoms with van der Waals surface area (Å²) in [6.07, 6.45) is 3.68. The fourth-order valence-corrected chi connectivity index (χ4v) is 2.25. The minimum absolute atomic E-state index is 0.0864. The number of carbonyl (C=O) groups excluding carboxylic acids is 1. The molecule has 1 aromatic carbocycles. The molecule has 0 N–H and O–H groups in total. The topological polar surface area (TPSA) is 25.2 Å². The summed E-state index contributed by atoms with van der Waals surface area (Å²) in [6.45, 7) is 4.73. The van der Waals surface area contributed by atoms with Gasteiger partial charge in [0.25, 0.3) is 5.91 Å². The molecule has 0 bridgehead atoms. The van der Waals surface area contributed by atoms with E-state index in [2.05, 4.69) is 6.58 Å². The zero-order valence-corrected chi connectivity index (χ0v) is 12.2. The number of hydrogen-bond donors (Lipinski definition) is 0. The molecule has 1 aromatic heterocycles. The van der Waals surface area contributed by atoms with Crippen LogP contribution in [0.25, 0.3) is 0 Å². The van der Waals surface area contributed by atoms with Crippen molar-refractivity contribution >= 4 is 17.5 Å². The van der Waals surface area contributed by atoms with Crippen molar-refractivity contribution in [3.05, 3.63) is 71.5 Å². The highest BCUT2D eigenvalue weighted by Crippen LogP contribution is 2.18. The van der Waals surface area contributed by atoms with Crippen molar-refractivity contribution in [1.82, 2.24) is 9.47 Å². The van der Waals surface area contributed by atoms with E-state index in [9.17, 15) is 4.79 Å². The second-order valence-electron chi connectivity index (χ2n) is 4.56. The van der Waals surface area contributed by atoms with Crippen LogP contribution in [-0.2, 0) is 13.6 Å². The van der Waals surface area contributed by atoms with Crippen LogP contribution in [0.1, 0.15) is 16.1 Å². The highest BCUT2D eigenvalue weighted by molar-refractivity contribution is 6.33. The molecule has 0 aliphatic heterocycles. The number of rotatable bonds is 5. The Balaban J connectivity index is 2.24. The van der Waals surface area contributed by atoms with E-state index in [1.165, 1.54) is 0 Å². The van der Waals surface area contributed by atoms with Crippen LogP contribution in [0, 0.1) is 0 Å². The number of amides is 1. The molecule has 2 rings (SSSR count). The summed E-state index contributed by atoms with van der Waals surface area (Å²) < 4.78 is 2.00. The lowest BCUT2D eigenvalue weighted by Gasteiger charge is -2.22. The predicted molar refractivity (Wildman–Crippen MR) is 81.8 cm³/mol. The first-order chi connectivity index (χ1) is 9.63. The third kappa shape index (κ3) is 3.11. The molecule has 0 saturated carbocycles. The fourth-order valence-electron chi connectivity index (χ4n) is 2.04. The maximum Gasteiger partial charge on any atom is 0.256 e. The molecule has 0 fully saturated rings. The first kappa shape index (κ1) is 14.4. The fraction of sp³-hybridized carbons (Fsp3) is 0.188. The van der Waals surface area contributed by atoms with E-state index >= 15 is 0 Å². The van der Waals surface area contributed by atoms with E-state index in [-0.39, 0.29) is 5.91 Å². The molecular formula is C16H17ClN2O. The number of aromatic nitrogens is 1. The molecule has 0 unspecified atom stereocenters. The van der Waals surface area contributed by atoms with Gasteiger partial charge in [-0.25, -0.2) is 0 Å². The molecular weight excluding hydrogens is 272 g/mol. The van der Waals surface area contributed by atoms with Crippen molar-refractivity contribution in [3.8, 4) is 0 Å². The average molecular weight is 289 g/mol. The predicted octanol–water partition coefficient (Wildman–Crippen LogP) is 3.51. The molecule has 1 amide bonds. The zero-order chi connectivity index (χ0) is 14.5. The summed E-state index contributed by atoms with van der Waals surface area (Å²) >= 11 is 6.10. The summed E-state index contributed by atoms with van der Waals surface area (Å²) in [7, 11) is 1.96. The maximum absolute atomic E-state index is 12.6. The summed E-state index contributed by atoms with van der Waals surface area (Å²) in [5, 5.41) is 0.471. The van der Waals surface area contributed by atoms with Crippen molar-refractivity contribution in [2.45, 2.75) is 6.54 Å². The molecule has 0 saturated heterocycles. The Morgan fingerprint density at radius 1 is 1.35 bits per heavy atom. The Kier molecular flexibility index (Phi) is 4.64. The smallest absolute Gasteiger partial charge is 0.256 e. The van der Waals surface area contributed by atoms with Crippen LogP contribution < -0.4 is 0 Å². The molecule has 0 radical (unpaired) electrons. The van der Waals surface area contributed by atoms with Gasteiger partial charge >= 0.3 is 0 Å². The molecule has 2 aromatic rings. The molecule has 0 atom stereocenters. The van der Waals surface area contributed by atoms with Crippen LogP contribution in [0.15, 0.2) is 55.3 Å². The Hall–Kier alpha value is -2.00. The number of hydrogen-bond acceptors (Lipinski definition) is 1. The minimum Gasteiger partial charge on any atom is -0.353 e. The molecule has 104 valence electrons. The molecule has 20 heavy (non-hydrogen) atoms. The lowest BCUT2D eigenvalue weighted by atomic mass is 10.2. The van der Waals surface area contributed by atoms with Gasteiger partial charge in [-0.05, 0) is 24.3 Å². The van der Waals surface area contributed by atoms with Gasteiger partial charge in [0.2, 0.25) is 0 Å². The van der Waals surface area contributed by atoms with Crippen LogP contribution in [0.5, 0.6) is 0 Å². The first-order valence-corrected chi connectivity index (χ1v) is 6.76. The number of halogens is 1. The van der Waals surface area contributed by atoms with Gasteiger partial charge in [-0.2, -0.15) is 0 Å². The van der Waals surface area contributed by atoms with Gasteiger partial charge in [0.15, 0.2) is 0 Å². The Bertz CT molecular complexity index is 618. The van der Waals surface area contributed by atoms with E-state index in [0.29, 0.717) is 23.7 Å². The van der Waals surface area contributed by atoms with Gasteiger partial charge in [0.1, 0.15) is 0 Å². The van der Waals surface area contributed by atoms with Crippen molar-refractivity contribution in [1.29, 1.82) is 0 Å². The quantitative estimate of drug-likeness (QED) is 0.773. The summed E-state index contributed by atoms with van der Waals surface area (Å²) in [5.74, 6) is -0.0864. The number of benzene rings is 1. The highest BCUT2D eigenvalue weighted by Gasteiger charge is 2.18. The van der Waals surface area contributed by atoms with Crippen molar-refractivity contribution in [2.75, 3.05) is 6.54 Å². The lowest BCUT2D eigenvalue weighted by molar-refractivity contribution is 0.0760. The second-order valence-corrected chi connectivity index (χ2v) is 4.97. The minimum atomic E-state index is -0.0864. The Morgan fingerprint density at radius 3 is 2.70 bits per heavy atom. The van der Waals surface area contributed by atoms with Gasteiger partial charge in [-0.1, -0.05) is 29.8 Å². The van der Waals surface area contributed by atoms with Gasteiger partial charge in [0, 0.05) is 25.5 Å². The monoisotopic (exact) mass is 288 g/mol. The van der Waals surface area contributed by atoms with E-state index in [1.54, 1.807) is 23.1 Å². The SMILES string of the molecule is C=CCN(Cc1cccn1C)C(=O)c1ccccc1Cl. The van der Waals surface area contributed by atoms with E-state index in [1.807, 2.05) is 42.1 Å². The van der Waals surface area contributed by atoms with E-state index in [4.69, 9.17) is 11.6 Å². The van der Waals surface area contributed by atoms with Crippen LogP contribution in [0.2, 0.25) is 5.02 Å². The first-order valence-electron chi connectivity index (χ1n) is 6.38. The molecule has 0 aliphatic rings. The van der Waals surface area contributed by atoms with E-state index < -0.39 is 0 Å². The standard InChI is InChI=1S/C16H17ClN2O/c1-3-10-19(12-13-7-6-11-18(13)2)16(20)14-8-4-5-9-15(14)17/h3-9,11H,1,10,12H2,2H3. The maximum atomic E-state index is 12.6. The summed E-state index contributed by atoms with van der Waals surface area (Å²) in [5.41, 5.74) is 1.58. The molecule has 4 heteroatoms. The van der Waals surface area contributed by atoms with E-state index in [0.717, 1.165) is 5.69 Å². The molecule has 0 spiro atoms. The number of carbonyl (C=O) groups is 1. The van der Waals surface area contributed by atoms with Crippen molar-refractivity contribution in [2.24, 2.45) is 7.05 Å². The Morgan fingerprint density at radius 2 is 2.10 bits per heavy atom. The third-order valence-corrected chi connectivity index (χ3v) is 3.47. The molecule has 0 aliphatic carbocycles. The second kappa shape index (κ2) is 6.44. The van der Waals surface area contributed by atoms with Crippen LogP contribution >= 0.6 is 11.6 Å². The van der Waals surface area contributed by atoms with Crippen LogP contribution in [-0.4, -0.2) is 21.9 Å². The van der Waals surface area contributed by atoms with Crippen LogP contribution in [0.4, 0.5) is 0 Å². The molecule has 3 nitrogen and oxygen atoms in total. The van der Waals surface area contributed by atoms with Gasteiger partial charge < -0.3 is 9.47 Å². The molecule has 1 heterocycles. The highest BCUT2D eigenvalue weighted by atomic mass is 35.5. The van der Waals surface area contributed by atoms with Crippen molar-refractivity contribution in [3.63, 3.8) is 0 Å².